The molecular formula is C25H26F3N7O2. The number of rotatable bonds is 7. The quantitative estimate of drug-likeness (QED) is 0.447. The van der Waals surface area contributed by atoms with Gasteiger partial charge in [0, 0.05) is 36.8 Å². The smallest absolute Gasteiger partial charge is 0.328 e. The number of carbonyl (C=O) groups is 2. The molecule has 0 aliphatic carbocycles. The van der Waals surface area contributed by atoms with Crippen LogP contribution < -0.4 is 20.9 Å². The van der Waals surface area contributed by atoms with Crippen LogP contribution in [0, 0.1) is 24.4 Å². The lowest BCUT2D eigenvalue weighted by Crippen LogP contribution is -2.43. The van der Waals surface area contributed by atoms with Gasteiger partial charge in [0.25, 0.3) is 5.91 Å². The third-order valence-corrected chi connectivity index (χ3v) is 5.91. The second-order valence-electron chi connectivity index (χ2n) is 8.70. The van der Waals surface area contributed by atoms with Gasteiger partial charge in [-0.2, -0.15) is 4.98 Å². The van der Waals surface area contributed by atoms with E-state index in [1.165, 1.54) is 26.1 Å². The van der Waals surface area contributed by atoms with Crippen LogP contribution in [0.1, 0.15) is 21.5 Å². The summed E-state index contributed by atoms with van der Waals surface area (Å²) in [5.74, 6) is -3.06. The first kappa shape index (κ1) is 25.9. The highest BCUT2D eigenvalue weighted by Crippen LogP contribution is 2.39. The zero-order chi connectivity index (χ0) is 26.9. The predicted molar refractivity (Wildman–Crippen MR) is 133 cm³/mol. The summed E-state index contributed by atoms with van der Waals surface area (Å²) in [5.41, 5.74) is 0.448. The molecule has 0 radical (unpaired) electrons. The molecule has 0 bridgehead atoms. The number of hydrogen-bond donors (Lipinski definition) is 3. The van der Waals surface area contributed by atoms with Crippen molar-refractivity contribution in [2.45, 2.75) is 13.5 Å². The first-order valence-corrected chi connectivity index (χ1v) is 11.5. The Hall–Kier alpha value is -4.19. The Balaban J connectivity index is 1.98. The summed E-state index contributed by atoms with van der Waals surface area (Å²) < 4.78 is 44.5. The summed E-state index contributed by atoms with van der Waals surface area (Å²) in [4.78, 5) is 36.9. The molecule has 37 heavy (non-hydrogen) atoms. The molecule has 12 heteroatoms. The molecule has 194 valence electrons. The number of nitrogens with one attached hydrogen (secondary N) is 3. The lowest BCUT2D eigenvalue weighted by Gasteiger charge is -2.31. The molecular weight excluding hydrogens is 487 g/mol. The van der Waals surface area contributed by atoms with Crippen molar-refractivity contribution in [2.24, 2.45) is 0 Å². The van der Waals surface area contributed by atoms with E-state index in [2.05, 4.69) is 25.9 Å². The number of likely N-dealkylation sites (N-methyl/N-ethyl adjacent to an activating group) is 1. The Morgan fingerprint density at radius 2 is 1.84 bits per heavy atom. The van der Waals surface area contributed by atoms with Gasteiger partial charge in [-0.05, 0) is 50.8 Å². The van der Waals surface area contributed by atoms with Gasteiger partial charge in [-0.15, -0.1) is 0 Å². The minimum atomic E-state index is -0.964. The highest BCUT2D eigenvalue weighted by Gasteiger charge is 2.34. The van der Waals surface area contributed by atoms with Crippen LogP contribution in [0.2, 0.25) is 0 Å². The van der Waals surface area contributed by atoms with Crippen molar-refractivity contribution in [3.8, 4) is 11.3 Å². The zero-order valence-electron chi connectivity index (χ0n) is 20.7. The average molecular weight is 514 g/mol. The molecule has 1 aromatic heterocycles. The SMILES string of the molecule is CNC(=O)c1cc(F)c(C)c(-c2nc(NCCN(C)C)nc3c2CNC(=O)N3c2c(F)cccc2F)c1. The maximum absolute atomic E-state index is 14.9. The van der Waals surface area contributed by atoms with Crippen molar-refractivity contribution in [1.29, 1.82) is 0 Å². The molecule has 0 unspecified atom stereocenters. The van der Waals surface area contributed by atoms with Crippen molar-refractivity contribution < 1.29 is 22.8 Å². The fourth-order valence-corrected chi connectivity index (χ4v) is 3.96. The number of hydrogen-bond acceptors (Lipinski definition) is 6. The number of nitrogens with zero attached hydrogens (tertiary/aromatic N) is 4. The van der Waals surface area contributed by atoms with Crippen LogP contribution in [0.15, 0.2) is 30.3 Å². The Bertz CT molecular complexity index is 1360. The summed E-state index contributed by atoms with van der Waals surface area (Å²) >= 11 is 0. The van der Waals surface area contributed by atoms with E-state index in [9.17, 15) is 22.8 Å². The van der Waals surface area contributed by atoms with E-state index in [-0.39, 0.29) is 40.7 Å². The van der Waals surface area contributed by atoms with Crippen LogP contribution in [0.3, 0.4) is 0 Å². The van der Waals surface area contributed by atoms with E-state index in [0.29, 0.717) is 18.7 Å². The highest BCUT2D eigenvalue weighted by atomic mass is 19.1. The fraction of sp³-hybridized carbons (Fsp3) is 0.280. The number of para-hydroxylation sites is 1. The van der Waals surface area contributed by atoms with Gasteiger partial charge >= 0.3 is 6.03 Å². The Labute approximate surface area is 211 Å². The molecule has 1 aliphatic rings. The molecule has 0 saturated heterocycles. The standard InChI is InChI=1S/C25H26F3N7O2/c1-13-15(10-14(11-19(13)28)23(36)29-2)20-16-12-31-25(37)35(21-17(26)6-5-7-18(21)27)22(16)33-24(32-20)30-8-9-34(3)4/h5-7,10-11H,8-9,12H2,1-4H3,(H,29,36)(H,31,37)(H,30,32,33). The lowest BCUT2D eigenvalue weighted by atomic mass is 9.97. The minimum Gasteiger partial charge on any atom is -0.355 e. The number of carbonyl (C=O) groups excluding carboxylic acids is 2. The number of aromatic nitrogens is 2. The topological polar surface area (TPSA) is 102 Å². The monoisotopic (exact) mass is 513 g/mol. The van der Waals surface area contributed by atoms with Crippen LogP contribution >= 0.6 is 0 Å². The number of halogens is 3. The van der Waals surface area contributed by atoms with Gasteiger partial charge in [-0.3, -0.25) is 4.79 Å². The van der Waals surface area contributed by atoms with Crippen LogP contribution in [0.25, 0.3) is 11.3 Å². The molecule has 1 aliphatic heterocycles. The van der Waals surface area contributed by atoms with Crippen LogP contribution in [0.5, 0.6) is 0 Å². The van der Waals surface area contributed by atoms with E-state index in [1.807, 2.05) is 19.0 Å². The normalized spacial score (nSPS) is 12.9. The zero-order valence-corrected chi connectivity index (χ0v) is 20.7. The third-order valence-electron chi connectivity index (χ3n) is 5.91. The Kier molecular flexibility index (Phi) is 7.30. The van der Waals surface area contributed by atoms with Gasteiger partial charge in [-0.1, -0.05) is 6.07 Å². The van der Waals surface area contributed by atoms with Crippen LogP contribution in [0.4, 0.5) is 35.4 Å². The molecule has 0 saturated carbocycles. The summed E-state index contributed by atoms with van der Waals surface area (Å²) in [6, 6.07) is 5.06. The van der Waals surface area contributed by atoms with Crippen molar-refractivity contribution in [1.82, 2.24) is 25.5 Å². The summed E-state index contributed by atoms with van der Waals surface area (Å²) in [5, 5.41) is 8.10. The number of urea groups is 1. The number of anilines is 3. The van der Waals surface area contributed by atoms with E-state index in [1.54, 1.807) is 0 Å². The van der Waals surface area contributed by atoms with Gasteiger partial charge < -0.3 is 20.9 Å². The van der Waals surface area contributed by atoms with E-state index in [4.69, 9.17) is 0 Å². The van der Waals surface area contributed by atoms with Crippen molar-refractivity contribution in [3.05, 3.63) is 64.5 Å². The summed E-state index contributed by atoms with van der Waals surface area (Å²) in [6.07, 6.45) is 0. The highest BCUT2D eigenvalue weighted by molar-refractivity contribution is 6.02. The van der Waals surface area contributed by atoms with Crippen molar-refractivity contribution in [2.75, 3.05) is 44.4 Å². The lowest BCUT2D eigenvalue weighted by molar-refractivity contribution is 0.0962. The molecule has 3 amide bonds. The molecule has 2 aromatic carbocycles. The second-order valence-corrected chi connectivity index (χ2v) is 8.70. The number of amides is 3. The van der Waals surface area contributed by atoms with Gasteiger partial charge in [-0.25, -0.2) is 27.8 Å². The number of fused-ring (bicyclic) bond motifs is 1. The molecule has 9 nitrogen and oxygen atoms in total. The van der Waals surface area contributed by atoms with E-state index < -0.39 is 35.1 Å². The van der Waals surface area contributed by atoms with E-state index >= 15 is 0 Å². The fourth-order valence-electron chi connectivity index (χ4n) is 3.96. The summed E-state index contributed by atoms with van der Waals surface area (Å²) in [6.45, 7) is 2.47. The van der Waals surface area contributed by atoms with Gasteiger partial charge in [0.15, 0.2) is 5.82 Å². The number of benzene rings is 2. The van der Waals surface area contributed by atoms with Crippen molar-refractivity contribution >= 4 is 29.4 Å². The maximum atomic E-state index is 14.9. The molecule has 0 spiro atoms. The third kappa shape index (κ3) is 5.05. The van der Waals surface area contributed by atoms with Gasteiger partial charge in [0.05, 0.1) is 12.2 Å². The minimum absolute atomic E-state index is 0.0599. The first-order chi connectivity index (χ1) is 17.6. The Morgan fingerprint density at radius 3 is 2.49 bits per heavy atom. The molecule has 4 rings (SSSR count). The molecule has 0 fully saturated rings. The first-order valence-electron chi connectivity index (χ1n) is 11.5. The van der Waals surface area contributed by atoms with Gasteiger partial charge in [0.1, 0.15) is 23.1 Å². The van der Waals surface area contributed by atoms with E-state index in [0.717, 1.165) is 23.1 Å². The van der Waals surface area contributed by atoms with Gasteiger partial charge in [0.2, 0.25) is 5.95 Å². The second kappa shape index (κ2) is 10.4. The van der Waals surface area contributed by atoms with Crippen LogP contribution in [-0.2, 0) is 6.54 Å². The van der Waals surface area contributed by atoms with Crippen molar-refractivity contribution in [3.63, 3.8) is 0 Å². The Morgan fingerprint density at radius 1 is 1.14 bits per heavy atom. The predicted octanol–water partition coefficient (Wildman–Crippen LogP) is 3.56. The van der Waals surface area contributed by atoms with Crippen LogP contribution in [-0.4, -0.2) is 61.0 Å². The average Bonchev–Trinajstić information content (AvgIpc) is 2.85. The largest absolute Gasteiger partial charge is 0.355 e. The molecule has 3 aromatic rings. The molecule has 0 atom stereocenters. The molecule has 3 N–H and O–H groups in total. The molecule has 2 heterocycles. The maximum Gasteiger partial charge on any atom is 0.328 e. The summed E-state index contributed by atoms with van der Waals surface area (Å²) in [7, 11) is 5.18.